The van der Waals surface area contributed by atoms with Gasteiger partial charge in [-0.15, -0.1) is 0 Å². The molecule has 0 spiro atoms. The van der Waals surface area contributed by atoms with Crippen molar-refractivity contribution in [3.05, 3.63) is 23.3 Å². The lowest BCUT2D eigenvalue weighted by Gasteiger charge is -2.13. The zero-order valence-electron chi connectivity index (χ0n) is 9.33. The number of carbonyl (C=O) groups excluding carboxylic acids is 1. The minimum atomic E-state index is -0.717. The Bertz CT molecular complexity index is 250. The molecule has 1 atom stereocenters. The number of hydrogen-bond acceptors (Lipinski definition) is 2. The molecule has 0 heterocycles. The van der Waals surface area contributed by atoms with Crippen LogP contribution in [-0.2, 0) is 4.74 Å². The zero-order valence-corrected chi connectivity index (χ0v) is 9.33. The van der Waals surface area contributed by atoms with Crippen LogP contribution in [0.15, 0.2) is 23.3 Å². The Labute approximate surface area is 85.6 Å². The molecular weight excluding hydrogens is 178 g/mol. The van der Waals surface area contributed by atoms with Crippen molar-refractivity contribution in [2.24, 2.45) is 5.73 Å². The van der Waals surface area contributed by atoms with Crippen molar-refractivity contribution < 1.29 is 9.53 Å². The number of primary amides is 1. The normalized spacial score (nSPS) is 12.6. The molecular formula is C11H19NO2. The third kappa shape index (κ3) is 5.41. The molecule has 0 bridgehead atoms. The van der Waals surface area contributed by atoms with Crippen molar-refractivity contribution in [1.82, 2.24) is 0 Å². The van der Waals surface area contributed by atoms with Crippen molar-refractivity contribution in [2.45, 2.75) is 40.2 Å². The largest absolute Gasteiger partial charge is 0.446 e. The van der Waals surface area contributed by atoms with Gasteiger partial charge in [-0.25, -0.2) is 4.79 Å². The molecule has 80 valence electrons. The van der Waals surface area contributed by atoms with Gasteiger partial charge in [-0.1, -0.05) is 17.7 Å². The van der Waals surface area contributed by atoms with E-state index in [2.05, 4.69) is 0 Å². The topological polar surface area (TPSA) is 52.3 Å². The molecule has 3 heteroatoms. The molecule has 0 aromatic heterocycles. The predicted molar refractivity (Wildman–Crippen MR) is 57.9 cm³/mol. The summed E-state index contributed by atoms with van der Waals surface area (Å²) in [5, 5.41) is 0. The average molecular weight is 197 g/mol. The molecule has 0 aliphatic carbocycles. The lowest BCUT2D eigenvalue weighted by atomic mass is 10.0. The summed E-state index contributed by atoms with van der Waals surface area (Å²) in [5.41, 5.74) is 7.33. The van der Waals surface area contributed by atoms with Crippen LogP contribution in [0.1, 0.15) is 34.1 Å². The van der Waals surface area contributed by atoms with Crippen molar-refractivity contribution in [2.75, 3.05) is 0 Å². The highest BCUT2D eigenvalue weighted by atomic mass is 16.6. The molecule has 0 aromatic carbocycles. The van der Waals surface area contributed by atoms with Crippen LogP contribution in [0.3, 0.4) is 0 Å². The lowest BCUT2D eigenvalue weighted by Crippen LogP contribution is -2.20. The summed E-state index contributed by atoms with van der Waals surface area (Å²) in [7, 11) is 0. The van der Waals surface area contributed by atoms with Crippen LogP contribution in [-0.4, -0.2) is 12.2 Å². The van der Waals surface area contributed by atoms with E-state index >= 15 is 0 Å². The minimum absolute atomic E-state index is 0.173. The van der Waals surface area contributed by atoms with Gasteiger partial charge in [-0.2, -0.15) is 0 Å². The number of ether oxygens (including phenoxy) is 1. The predicted octanol–water partition coefficient (Wildman–Crippen LogP) is 2.77. The van der Waals surface area contributed by atoms with Crippen molar-refractivity contribution in [3.63, 3.8) is 0 Å². The van der Waals surface area contributed by atoms with E-state index < -0.39 is 6.09 Å². The molecule has 3 nitrogen and oxygen atoms in total. The first-order valence-electron chi connectivity index (χ1n) is 4.72. The van der Waals surface area contributed by atoms with E-state index in [4.69, 9.17) is 10.5 Å². The molecule has 0 saturated heterocycles. The van der Waals surface area contributed by atoms with E-state index in [0.717, 1.165) is 0 Å². The van der Waals surface area contributed by atoms with Crippen LogP contribution in [0.5, 0.6) is 0 Å². The van der Waals surface area contributed by atoms with Crippen LogP contribution in [0.4, 0.5) is 4.79 Å². The van der Waals surface area contributed by atoms with Gasteiger partial charge < -0.3 is 10.5 Å². The zero-order chi connectivity index (χ0) is 11.1. The highest BCUT2D eigenvalue weighted by Gasteiger charge is 2.08. The Morgan fingerprint density at radius 3 is 2.43 bits per heavy atom. The quantitative estimate of drug-likeness (QED) is 0.704. The molecule has 0 aromatic rings. The molecule has 1 amide bonds. The van der Waals surface area contributed by atoms with Crippen molar-refractivity contribution in [3.8, 4) is 0 Å². The molecule has 0 radical (unpaired) electrons. The Kier molecular flexibility index (Phi) is 5.68. The van der Waals surface area contributed by atoms with E-state index in [-0.39, 0.29) is 6.10 Å². The smallest absolute Gasteiger partial charge is 0.404 e. The minimum Gasteiger partial charge on any atom is -0.446 e. The second-order valence-electron chi connectivity index (χ2n) is 3.48. The SMILES string of the molecule is CC=CC(CC(C)OC(N)=O)=C(C)C. The Morgan fingerprint density at radius 1 is 1.50 bits per heavy atom. The fourth-order valence-corrected chi connectivity index (χ4v) is 1.19. The maximum Gasteiger partial charge on any atom is 0.404 e. The summed E-state index contributed by atoms with van der Waals surface area (Å²) >= 11 is 0. The van der Waals surface area contributed by atoms with Gasteiger partial charge in [0.15, 0.2) is 0 Å². The van der Waals surface area contributed by atoms with E-state index in [9.17, 15) is 4.79 Å². The van der Waals surface area contributed by atoms with E-state index in [0.29, 0.717) is 6.42 Å². The first-order chi connectivity index (χ1) is 6.47. The van der Waals surface area contributed by atoms with Crippen LogP contribution in [0.25, 0.3) is 0 Å². The van der Waals surface area contributed by atoms with Crippen LogP contribution in [0, 0.1) is 0 Å². The first kappa shape index (κ1) is 12.8. The molecule has 0 fully saturated rings. The van der Waals surface area contributed by atoms with Gasteiger partial charge in [-0.05, 0) is 33.3 Å². The maximum absolute atomic E-state index is 10.5. The molecule has 2 N–H and O–H groups in total. The van der Waals surface area contributed by atoms with Crippen LogP contribution in [0.2, 0.25) is 0 Å². The van der Waals surface area contributed by atoms with Gasteiger partial charge in [0.2, 0.25) is 0 Å². The van der Waals surface area contributed by atoms with Crippen molar-refractivity contribution >= 4 is 6.09 Å². The highest BCUT2D eigenvalue weighted by Crippen LogP contribution is 2.14. The summed E-state index contributed by atoms with van der Waals surface area (Å²) in [4.78, 5) is 10.5. The molecule has 14 heavy (non-hydrogen) atoms. The summed E-state index contributed by atoms with van der Waals surface area (Å²) in [6.07, 6.45) is 3.81. The number of nitrogens with two attached hydrogens (primary N) is 1. The Morgan fingerprint density at radius 2 is 2.07 bits per heavy atom. The number of hydrogen-bond donors (Lipinski definition) is 1. The third-order valence-corrected chi connectivity index (χ3v) is 1.83. The lowest BCUT2D eigenvalue weighted by molar-refractivity contribution is 0.116. The average Bonchev–Trinajstić information content (AvgIpc) is 2.01. The van der Waals surface area contributed by atoms with E-state index in [1.54, 1.807) is 0 Å². The first-order valence-corrected chi connectivity index (χ1v) is 4.72. The second kappa shape index (κ2) is 6.24. The van der Waals surface area contributed by atoms with Crippen LogP contribution < -0.4 is 5.73 Å². The number of allylic oxidation sites excluding steroid dienone is 3. The summed E-state index contributed by atoms with van der Waals surface area (Å²) < 4.78 is 4.85. The highest BCUT2D eigenvalue weighted by molar-refractivity contribution is 5.64. The molecule has 0 saturated carbocycles. The number of rotatable bonds is 4. The maximum atomic E-state index is 10.5. The van der Waals surface area contributed by atoms with Gasteiger partial charge in [0.25, 0.3) is 0 Å². The van der Waals surface area contributed by atoms with Gasteiger partial charge >= 0.3 is 6.09 Å². The standard InChI is InChI=1S/C11H19NO2/c1-5-6-10(8(2)3)7-9(4)14-11(12)13/h5-6,9H,7H2,1-4H3,(H2,12,13). The second-order valence-corrected chi connectivity index (χ2v) is 3.48. The molecule has 0 aliphatic rings. The summed E-state index contributed by atoms with van der Waals surface area (Å²) in [6, 6.07) is 0. The van der Waals surface area contributed by atoms with E-state index in [1.807, 2.05) is 39.8 Å². The van der Waals surface area contributed by atoms with Crippen LogP contribution >= 0.6 is 0 Å². The molecule has 1 unspecified atom stereocenters. The monoisotopic (exact) mass is 197 g/mol. The fraction of sp³-hybridized carbons (Fsp3) is 0.545. The molecule has 0 aliphatic heterocycles. The number of amides is 1. The molecule has 0 rings (SSSR count). The van der Waals surface area contributed by atoms with Gasteiger partial charge in [0.05, 0.1) is 0 Å². The number of carbonyl (C=O) groups is 1. The van der Waals surface area contributed by atoms with Crippen molar-refractivity contribution in [1.29, 1.82) is 0 Å². The Hall–Kier alpha value is -1.25. The Balaban J connectivity index is 4.32. The van der Waals surface area contributed by atoms with Gasteiger partial charge in [-0.3, -0.25) is 0 Å². The van der Waals surface area contributed by atoms with Gasteiger partial charge in [0.1, 0.15) is 6.10 Å². The summed E-state index contributed by atoms with van der Waals surface area (Å²) in [6.45, 7) is 7.86. The fourth-order valence-electron chi connectivity index (χ4n) is 1.19. The van der Waals surface area contributed by atoms with Gasteiger partial charge in [0, 0.05) is 6.42 Å². The third-order valence-electron chi connectivity index (χ3n) is 1.83. The summed E-state index contributed by atoms with van der Waals surface area (Å²) in [5.74, 6) is 0. The van der Waals surface area contributed by atoms with E-state index in [1.165, 1.54) is 11.1 Å².